The van der Waals surface area contributed by atoms with Gasteiger partial charge < -0.3 is 10.5 Å². The Bertz CT molecular complexity index is 173. The van der Waals surface area contributed by atoms with E-state index in [-0.39, 0.29) is 0 Å². The third-order valence-corrected chi connectivity index (χ3v) is 3.00. The Hall–Kier alpha value is -0.120. The van der Waals surface area contributed by atoms with Gasteiger partial charge in [-0.15, -0.1) is 0 Å². The van der Waals surface area contributed by atoms with Crippen LogP contribution in [0.15, 0.2) is 0 Å². The molecule has 2 N–H and O–H groups in total. The molecule has 2 unspecified atom stereocenters. The molecule has 3 nitrogen and oxygen atoms in total. The molecule has 0 aliphatic rings. The molecule has 0 rings (SSSR count). The average Bonchev–Trinajstić information content (AvgIpc) is 2.16. The molecule has 0 bridgehead atoms. The van der Waals surface area contributed by atoms with Crippen molar-refractivity contribution >= 4 is 0 Å². The number of ether oxygens (including phenoxy) is 1. The Morgan fingerprint density at radius 3 is 1.76 bits per heavy atom. The van der Waals surface area contributed by atoms with E-state index < -0.39 is 0 Å². The monoisotopic (exact) mass is 244 g/mol. The van der Waals surface area contributed by atoms with Crippen molar-refractivity contribution in [3.05, 3.63) is 0 Å². The molecule has 2 atom stereocenters. The first-order valence-corrected chi connectivity index (χ1v) is 6.85. The highest BCUT2D eigenvalue weighted by atomic mass is 16.5. The number of methoxy groups -OCH3 is 1. The van der Waals surface area contributed by atoms with Crippen molar-refractivity contribution in [1.82, 2.24) is 4.90 Å². The summed E-state index contributed by atoms with van der Waals surface area (Å²) in [6.45, 7) is 15.0. The van der Waals surface area contributed by atoms with Crippen LogP contribution in [0.1, 0.15) is 34.6 Å². The Balaban J connectivity index is 4.58. The molecule has 0 aromatic heterocycles. The highest BCUT2D eigenvalue weighted by molar-refractivity contribution is 4.79. The first-order chi connectivity index (χ1) is 7.92. The average molecular weight is 244 g/mol. The molecule has 0 amide bonds. The van der Waals surface area contributed by atoms with Gasteiger partial charge in [0.25, 0.3) is 0 Å². The molecule has 0 aliphatic heterocycles. The summed E-state index contributed by atoms with van der Waals surface area (Å²) in [7, 11) is 1.76. The van der Waals surface area contributed by atoms with Crippen molar-refractivity contribution in [3.8, 4) is 0 Å². The van der Waals surface area contributed by atoms with Gasteiger partial charge in [0, 0.05) is 32.8 Å². The molecule has 0 aromatic carbocycles. The fourth-order valence-corrected chi connectivity index (χ4v) is 2.40. The highest BCUT2D eigenvalue weighted by Crippen LogP contribution is 2.15. The zero-order valence-corrected chi connectivity index (χ0v) is 12.6. The molecular weight excluding hydrogens is 212 g/mol. The molecule has 0 saturated heterocycles. The highest BCUT2D eigenvalue weighted by Gasteiger charge is 2.24. The van der Waals surface area contributed by atoms with Gasteiger partial charge in [0.05, 0.1) is 6.61 Å². The van der Waals surface area contributed by atoms with Gasteiger partial charge >= 0.3 is 0 Å². The van der Waals surface area contributed by atoms with Gasteiger partial charge in [-0.2, -0.15) is 0 Å². The number of hydrogen-bond acceptors (Lipinski definition) is 3. The first-order valence-electron chi connectivity index (χ1n) is 6.85. The number of nitrogens with two attached hydrogens (primary N) is 1. The zero-order chi connectivity index (χ0) is 13.4. The zero-order valence-electron chi connectivity index (χ0n) is 12.6. The van der Waals surface area contributed by atoms with Gasteiger partial charge in [-0.1, -0.05) is 34.6 Å². The van der Waals surface area contributed by atoms with Crippen LogP contribution in [0.25, 0.3) is 0 Å². The van der Waals surface area contributed by atoms with Gasteiger partial charge in [0.15, 0.2) is 0 Å². The quantitative estimate of drug-likeness (QED) is 0.676. The van der Waals surface area contributed by atoms with Crippen LogP contribution in [-0.2, 0) is 4.74 Å². The predicted octanol–water partition coefficient (Wildman–Crippen LogP) is 2.21. The fourth-order valence-electron chi connectivity index (χ4n) is 2.40. The van der Waals surface area contributed by atoms with E-state index >= 15 is 0 Å². The van der Waals surface area contributed by atoms with Crippen molar-refractivity contribution < 1.29 is 4.74 Å². The molecule has 0 radical (unpaired) electrons. The van der Waals surface area contributed by atoms with E-state index in [2.05, 4.69) is 39.5 Å². The summed E-state index contributed by atoms with van der Waals surface area (Å²) in [6, 6.07) is 0.430. The summed E-state index contributed by atoms with van der Waals surface area (Å²) < 4.78 is 5.26. The Kier molecular flexibility index (Phi) is 8.83. The van der Waals surface area contributed by atoms with Gasteiger partial charge in [-0.3, -0.25) is 4.90 Å². The van der Waals surface area contributed by atoms with Crippen LogP contribution in [-0.4, -0.2) is 44.3 Å². The van der Waals surface area contributed by atoms with Gasteiger partial charge in [0.1, 0.15) is 0 Å². The second-order valence-electron chi connectivity index (χ2n) is 5.98. The van der Waals surface area contributed by atoms with E-state index in [4.69, 9.17) is 10.5 Å². The van der Waals surface area contributed by atoms with Crippen molar-refractivity contribution in [1.29, 1.82) is 0 Å². The van der Waals surface area contributed by atoms with Crippen molar-refractivity contribution in [3.63, 3.8) is 0 Å². The van der Waals surface area contributed by atoms with Crippen molar-refractivity contribution in [2.45, 2.75) is 40.7 Å². The van der Waals surface area contributed by atoms with Gasteiger partial charge in [0.2, 0.25) is 0 Å². The maximum atomic E-state index is 5.96. The molecule has 0 fully saturated rings. The number of nitrogens with zero attached hydrogens (tertiary/aromatic N) is 1. The second kappa shape index (κ2) is 8.90. The van der Waals surface area contributed by atoms with Gasteiger partial charge in [-0.25, -0.2) is 0 Å². The summed E-state index contributed by atoms with van der Waals surface area (Å²) in [5.41, 5.74) is 5.96. The van der Waals surface area contributed by atoms with Crippen LogP contribution in [0.2, 0.25) is 0 Å². The minimum Gasteiger partial charge on any atom is -0.384 e. The minimum absolute atomic E-state index is 0.430. The lowest BCUT2D eigenvalue weighted by Gasteiger charge is -2.37. The maximum Gasteiger partial charge on any atom is 0.0503 e. The molecule has 3 heteroatoms. The van der Waals surface area contributed by atoms with Crippen LogP contribution in [0, 0.1) is 17.8 Å². The standard InChI is InChI=1S/C14H32N2O/c1-11(2)8-16(9-12(3)4)14(7-15)13(5)10-17-6/h11-14H,7-10,15H2,1-6H3. The third-order valence-electron chi connectivity index (χ3n) is 3.00. The summed E-state index contributed by atoms with van der Waals surface area (Å²) in [5.74, 6) is 1.84. The molecular formula is C14H32N2O. The Labute approximate surface area is 108 Å². The van der Waals surface area contributed by atoms with E-state index in [1.165, 1.54) is 0 Å². The topological polar surface area (TPSA) is 38.5 Å². The van der Waals surface area contributed by atoms with Crippen LogP contribution in [0.5, 0.6) is 0 Å². The summed E-state index contributed by atoms with van der Waals surface area (Å²) in [4.78, 5) is 2.54. The van der Waals surface area contributed by atoms with Crippen molar-refractivity contribution in [2.75, 3.05) is 33.4 Å². The van der Waals surface area contributed by atoms with Crippen LogP contribution >= 0.6 is 0 Å². The minimum atomic E-state index is 0.430. The molecule has 0 aromatic rings. The smallest absolute Gasteiger partial charge is 0.0503 e. The van der Waals surface area contributed by atoms with E-state index in [1.807, 2.05) is 0 Å². The second-order valence-corrected chi connectivity index (χ2v) is 5.98. The van der Waals surface area contributed by atoms with E-state index in [1.54, 1.807) is 7.11 Å². The SMILES string of the molecule is COCC(C)C(CN)N(CC(C)C)CC(C)C. The molecule has 0 heterocycles. The van der Waals surface area contributed by atoms with E-state index in [0.29, 0.717) is 30.3 Å². The predicted molar refractivity (Wildman–Crippen MR) is 75.1 cm³/mol. The number of hydrogen-bond donors (Lipinski definition) is 1. The van der Waals surface area contributed by atoms with Crippen molar-refractivity contribution in [2.24, 2.45) is 23.5 Å². The number of rotatable bonds is 9. The van der Waals surface area contributed by atoms with E-state index in [0.717, 1.165) is 19.7 Å². The van der Waals surface area contributed by atoms with Crippen LogP contribution in [0.4, 0.5) is 0 Å². The summed E-state index contributed by atoms with van der Waals surface area (Å²) in [5, 5.41) is 0. The van der Waals surface area contributed by atoms with Crippen LogP contribution < -0.4 is 5.73 Å². The summed E-state index contributed by atoms with van der Waals surface area (Å²) in [6.07, 6.45) is 0. The molecule has 104 valence electrons. The van der Waals surface area contributed by atoms with Gasteiger partial charge in [-0.05, 0) is 17.8 Å². The van der Waals surface area contributed by atoms with E-state index in [9.17, 15) is 0 Å². The summed E-state index contributed by atoms with van der Waals surface area (Å²) >= 11 is 0. The maximum absolute atomic E-state index is 5.96. The Morgan fingerprint density at radius 1 is 1.00 bits per heavy atom. The molecule has 0 spiro atoms. The Morgan fingerprint density at radius 2 is 1.47 bits per heavy atom. The lowest BCUT2D eigenvalue weighted by Crippen LogP contribution is -2.48. The lowest BCUT2D eigenvalue weighted by atomic mass is 9.98. The fraction of sp³-hybridized carbons (Fsp3) is 1.00. The molecule has 0 aliphatic carbocycles. The third kappa shape index (κ3) is 7.02. The molecule has 17 heavy (non-hydrogen) atoms. The largest absolute Gasteiger partial charge is 0.384 e. The molecule has 0 saturated carbocycles. The van der Waals surface area contributed by atoms with Crippen LogP contribution in [0.3, 0.4) is 0 Å². The first kappa shape index (κ1) is 16.9. The lowest BCUT2D eigenvalue weighted by molar-refractivity contribution is 0.0710. The normalized spacial score (nSPS) is 15.9.